The zero-order valence-corrected chi connectivity index (χ0v) is 17.3. The zero-order valence-electron chi connectivity index (χ0n) is 16.5. The topological polar surface area (TPSA) is 76.9 Å². The molecule has 0 bridgehead atoms. The van der Waals surface area contributed by atoms with E-state index < -0.39 is 22.1 Å². The molecule has 10 heteroatoms. The van der Waals surface area contributed by atoms with E-state index in [0.29, 0.717) is 11.3 Å². The molecule has 0 radical (unpaired) electrons. The Hall–Kier alpha value is -3.50. The molecule has 0 saturated heterocycles. The van der Waals surface area contributed by atoms with Gasteiger partial charge in [-0.3, -0.25) is 4.98 Å². The Labute approximate surface area is 182 Å². The maximum Gasteiger partial charge on any atom is 0.511 e. The van der Waals surface area contributed by atoms with Crippen LogP contribution in [0.25, 0.3) is 28.1 Å². The average molecular weight is 458 g/mol. The van der Waals surface area contributed by atoms with Gasteiger partial charge in [0.15, 0.2) is 0 Å². The third-order valence-corrected chi connectivity index (χ3v) is 5.86. The number of benzene rings is 2. The molecular formula is C22H17F3N4O2S. The van der Waals surface area contributed by atoms with Crippen LogP contribution in [-0.4, -0.2) is 28.7 Å². The van der Waals surface area contributed by atoms with E-state index in [2.05, 4.69) is 4.98 Å². The third kappa shape index (κ3) is 4.56. The average Bonchev–Trinajstić information content (AvgIpc) is 3.24. The molecule has 2 aromatic carbocycles. The van der Waals surface area contributed by atoms with Gasteiger partial charge < -0.3 is 0 Å². The highest BCUT2D eigenvalue weighted by Crippen LogP contribution is 2.32. The van der Waals surface area contributed by atoms with Crippen LogP contribution < -0.4 is 4.72 Å². The number of nitrogens with one attached hydrogen (secondary N) is 1. The molecule has 0 spiro atoms. The SMILES string of the molecule is O=S(=O)(NCc1ccc(-c2cn(-c3ccccc3)nc2-c2ccncc2)cc1)C(F)(F)F. The molecule has 6 nitrogen and oxygen atoms in total. The van der Waals surface area contributed by atoms with Crippen LogP contribution in [0.1, 0.15) is 5.56 Å². The largest absolute Gasteiger partial charge is 0.511 e. The number of pyridine rings is 1. The Morgan fingerprint density at radius 3 is 2.16 bits per heavy atom. The molecule has 1 N–H and O–H groups in total. The van der Waals surface area contributed by atoms with Crippen molar-refractivity contribution >= 4 is 10.0 Å². The number of nitrogens with zero attached hydrogens (tertiary/aromatic N) is 3. The van der Waals surface area contributed by atoms with Crippen molar-refractivity contribution in [3.8, 4) is 28.1 Å². The number of hydrogen-bond donors (Lipinski definition) is 1. The first-order valence-electron chi connectivity index (χ1n) is 9.45. The lowest BCUT2D eigenvalue weighted by atomic mass is 10.0. The summed E-state index contributed by atoms with van der Waals surface area (Å²) in [6, 6.07) is 19.8. The Morgan fingerprint density at radius 2 is 1.53 bits per heavy atom. The molecule has 0 saturated carbocycles. The zero-order chi connectivity index (χ0) is 22.8. The molecule has 0 amide bonds. The van der Waals surface area contributed by atoms with Crippen molar-refractivity contribution < 1.29 is 21.6 Å². The van der Waals surface area contributed by atoms with Crippen LogP contribution in [0.4, 0.5) is 13.2 Å². The molecule has 0 aliphatic heterocycles. The van der Waals surface area contributed by atoms with Crippen LogP contribution >= 0.6 is 0 Å². The Bertz CT molecular complexity index is 1310. The van der Waals surface area contributed by atoms with Crippen LogP contribution in [0.2, 0.25) is 0 Å². The lowest BCUT2D eigenvalue weighted by Gasteiger charge is -2.10. The highest BCUT2D eigenvalue weighted by atomic mass is 32.2. The van der Waals surface area contributed by atoms with Gasteiger partial charge in [0.1, 0.15) is 5.69 Å². The maximum absolute atomic E-state index is 12.5. The van der Waals surface area contributed by atoms with Crippen molar-refractivity contribution in [1.29, 1.82) is 0 Å². The molecule has 0 unspecified atom stereocenters. The molecular weight excluding hydrogens is 441 g/mol. The van der Waals surface area contributed by atoms with Crippen LogP contribution in [0, 0.1) is 0 Å². The van der Waals surface area contributed by atoms with Gasteiger partial charge in [0.05, 0.1) is 5.69 Å². The van der Waals surface area contributed by atoms with E-state index in [-0.39, 0.29) is 0 Å². The summed E-state index contributed by atoms with van der Waals surface area (Å²) in [6.45, 7) is -0.470. The standard InChI is InChI=1S/C22H17F3N4O2S/c23-22(24,25)32(30,31)27-14-16-6-8-17(9-7-16)20-15-29(19-4-2-1-3-5-19)28-21(20)18-10-12-26-13-11-18/h1-13,15,27H,14H2. The van der Waals surface area contributed by atoms with Gasteiger partial charge in [-0.15, -0.1) is 0 Å². The van der Waals surface area contributed by atoms with E-state index in [9.17, 15) is 21.6 Å². The molecule has 2 aromatic heterocycles. The minimum Gasteiger partial charge on any atom is -0.265 e. The van der Waals surface area contributed by atoms with Crippen LogP contribution in [-0.2, 0) is 16.6 Å². The van der Waals surface area contributed by atoms with Crippen LogP contribution in [0.15, 0.2) is 85.3 Å². The monoisotopic (exact) mass is 458 g/mol. The molecule has 2 heterocycles. The van der Waals surface area contributed by atoms with E-state index in [0.717, 1.165) is 22.4 Å². The molecule has 4 aromatic rings. The predicted molar refractivity (Wildman–Crippen MR) is 114 cm³/mol. The lowest BCUT2D eigenvalue weighted by Crippen LogP contribution is -2.35. The van der Waals surface area contributed by atoms with Crippen molar-refractivity contribution in [2.75, 3.05) is 0 Å². The summed E-state index contributed by atoms with van der Waals surface area (Å²) < 4.78 is 63.2. The summed E-state index contributed by atoms with van der Waals surface area (Å²) in [5.41, 5.74) is -0.939. The summed E-state index contributed by atoms with van der Waals surface area (Å²) in [6.07, 6.45) is 5.19. The lowest BCUT2D eigenvalue weighted by molar-refractivity contribution is -0.0448. The molecule has 0 aliphatic rings. The van der Waals surface area contributed by atoms with Gasteiger partial charge in [-0.05, 0) is 35.4 Å². The summed E-state index contributed by atoms with van der Waals surface area (Å²) in [7, 11) is -5.40. The fourth-order valence-corrected chi connectivity index (χ4v) is 3.60. The fraction of sp³-hybridized carbons (Fsp3) is 0.0909. The highest BCUT2D eigenvalue weighted by molar-refractivity contribution is 7.90. The number of hydrogen-bond acceptors (Lipinski definition) is 4. The second-order valence-electron chi connectivity index (χ2n) is 6.87. The van der Waals surface area contributed by atoms with E-state index >= 15 is 0 Å². The Balaban J connectivity index is 1.66. The molecule has 164 valence electrons. The van der Waals surface area contributed by atoms with Crippen molar-refractivity contribution in [3.63, 3.8) is 0 Å². The number of halogens is 3. The number of sulfonamides is 1. The van der Waals surface area contributed by atoms with Gasteiger partial charge in [0.2, 0.25) is 0 Å². The second kappa shape index (κ2) is 8.56. The highest BCUT2D eigenvalue weighted by Gasteiger charge is 2.45. The summed E-state index contributed by atoms with van der Waals surface area (Å²) in [5.74, 6) is 0. The Kier molecular flexibility index (Phi) is 5.81. The summed E-state index contributed by atoms with van der Waals surface area (Å²) in [5, 5.41) is 4.72. The van der Waals surface area contributed by atoms with Crippen molar-refractivity contribution in [3.05, 3.63) is 90.9 Å². The first kappa shape index (κ1) is 21.7. The van der Waals surface area contributed by atoms with E-state index in [1.54, 1.807) is 46.1 Å². The van der Waals surface area contributed by atoms with Gasteiger partial charge in [0, 0.05) is 36.3 Å². The molecule has 0 atom stereocenters. The number of aromatic nitrogens is 3. The first-order chi connectivity index (χ1) is 15.2. The van der Waals surface area contributed by atoms with Crippen LogP contribution in [0.3, 0.4) is 0 Å². The van der Waals surface area contributed by atoms with Gasteiger partial charge in [-0.1, -0.05) is 42.5 Å². The number of alkyl halides is 3. The predicted octanol–water partition coefficient (Wildman–Crippen LogP) is 4.54. The minimum absolute atomic E-state index is 0.391. The smallest absolute Gasteiger partial charge is 0.265 e. The fourth-order valence-electron chi connectivity index (χ4n) is 3.08. The molecule has 32 heavy (non-hydrogen) atoms. The van der Waals surface area contributed by atoms with Crippen molar-refractivity contribution in [1.82, 2.24) is 19.5 Å². The quantitative estimate of drug-likeness (QED) is 0.460. The summed E-state index contributed by atoms with van der Waals surface area (Å²) in [4.78, 5) is 4.04. The van der Waals surface area contributed by atoms with Crippen molar-refractivity contribution in [2.24, 2.45) is 0 Å². The molecule has 0 aliphatic carbocycles. The van der Waals surface area contributed by atoms with Crippen LogP contribution in [0.5, 0.6) is 0 Å². The maximum atomic E-state index is 12.5. The second-order valence-corrected chi connectivity index (χ2v) is 8.63. The van der Waals surface area contributed by atoms with Crippen molar-refractivity contribution in [2.45, 2.75) is 12.1 Å². The normalized spacial score (nSPS) is 12.1. The minimum atomic E-state index is -5.40. The third-order valence-electron chi connectivity index (χ3n) is 4.72. The number of para-hydroxylation sites is 1. The van der Waals surface area contributed by atoms with E-state index in [1.807, 2.05) is 48.7 Å². The first-order valence-corrected chi connectivity index (χ1v) is 10.9. The van der Waals surface area contributed by atoms with E-state index in [4.69, 9.17) is 5.10 Å². The van der Waals surface area contributed by atoms with Gasteiger partial charge in [-0.25, -0.2) is 17.8 Å². The molecule has 0 fully saturated rings. The van der Waals surface area contributed by atoms with E-state index in [1.165, 1.54) is 0 Å². The summed E-state index contributed by atoms with van der Waals surface area (Å²) >= 11 is 0. The number of rotatable bonds is 6. The Morgan fingerprint density at radius 1 is 0.875 bits per heavy atom. The van der Waals surface area contributed by atoms with Gasteiger partial charge in [0.25, 0.3) is 0 Å². The van der Waals surface area contributed by atoms with Gasteiger partial charge in [-0.2, -0.15) is 18.3 Å². The molecule has 4 rings (SSSR count). The van der Waals surface area contributed by atoms with Gasteiger partial charge >= 0.3 is 15.5 Å².